The van der Waals surface area contributed by atoms with E-state index < -0.39 is 0 Å². The lowest BCUT2D eigenvalue weighted by Gasteiger charge is -1.95. The fourth-order valence-corrected chi connectivity index (χ4v) is 2.70. The highest BCUT2D eigenvalue weighted by atomic mass is 35.5. The highest BCUT2D eigenvalue weighted by molar-refractivity contribution is 7.15. The van der Waals surface area contributed by atoms with Crippen molar-refractivity contribution in [1.82, 2.24) is 9.38 Å². The summed E-state index contributed by atoms with van der Waals surface area (Å²) in [5.41, 5.74) is 2.01. The first-order valence-electron chi connectivity index (χ1n) is 5.49. The third kappa shape index (κ3) is 2.17. The standard InChI is InChI=1S/C13H10ClN3S/c14-12-11(17-6-7-18-13(17)16-12)9-15-8-10-4-2-1-3-5-10/h1-7,9H,8H2. The van der Waals surface area contributed by atoms with Crippen molar-refractivity contribution in [1.29, 1.82) is 0 Å². The average Bonchev–Trinajstić information content (AvgIpc) is 2.93. The molecule has 18 heavy (non-hydrogen) atoms. The highest BCUT2D eigenvalue weighted by Crippen LogP contribution is 2.19. The molecule has 0 aliphatic heterocycles. The number of nitrogens with zero attached hydrogens (tertiary/aromatic N) is 3. The molecule has 0 aliphatic rings. The van der Waals surface area contributed by atoms with E-state index in [0.29, 0.717) is 11.7 Å². The number of imidazole rings is 1. The third-order valence-corrected chi connectivity index (χ3v) is 3.62. The molecule has 0 amide bonds. The second-order valence-corrected chi connectivity index (χ2v) is 5.03. The smallest absolute Gasteiger partial charge is 0.195 e. The zero-order valence-electron chi connectivity index (χ0n) is 9.45. The summed E-state index contributed by atoms with van der Waals surface area (Å²) in [7, 11) is 0. The largest absolute Gasteiger partial charge is 0.288 e. The Hall–Kier alpha value is -1.65. The van der Waals surface area contributed by atoms with Gasteiger partial charge in [0.15, 0.2) is 10.1 Å². The molecule has 0 spiro atoms. The van der Waals surface area contributed by atoms with Crippen molar-refractivity contribution in [3.8, 4) is 0 Å². The van der Waals surface area contributed by atoms with Gasteiger partial charge in [-0.25, -0.2) is 4.98 Å². The number of fused-ring (bicyclic) bond motifs is 1. The second-order valence-electron chi connectivity index (χ2n) is 3.80. The fraction of sp³-hybridized carbons (Fsp3) is 0.0769. The van der Waals surface area contributed by atoms with Gasteiger partial charge < -0.3 is 0 Å². The fourth-order valence-electron chi connectivity index (χ4n) is 1.71. The van der Waals surface area contributed by atoms with Gasteiger partial charge in [-0.15, -0.1) is 11.3 Å². The minimum absolute atomic E-state index is 0.499. The van der Waals surface area contributed by atoms with Crippen LogP contribution in [-0.2, 0) is 6.54 Å². The molecule has 0 unspecified atom stereocenters. The van der Waals surface area contributed by atoms with Gasteiger partial charge >= 0.3 is 0 Å². The highest BCUT2D eigenvalue weighted by Gasteiger charge is 2.08. The van der Waals surface area contributed by atoms with E-state index in [1.54, 1.807) is 17.6 Å². The molecule has 2 aromatic heterocycles. The molecule has 90 valence electrons. The summed E-state index contributed by atoms with van der Waals surface area (Å²) < 4.78 is 1.95. The molecule has 0 fully saturated rings. The first kappa shape index (κ1) is 11.4. The number of halogens is 1. The first-order chi connectivity index (χ1) is 8.84. The predicted octanol–water partition coefficient (Wildman–Crippen LogP) is 3.67. The van der Waals surface area contributed by atoms with E-state index >= 15 is 0 Å². The Morgan fingerprint density at radius 3 is 3.00 bits per heavy atom. The van der Waals surface area contributed by atoms with E-state index in [1.807, 2.05) is 34.2 Å². The molecular formula is C13H10ClN3S. The van der Waals surface area contributed by atoms with E-state index in [1.165, 1.54) is 5.56 Å². The number of rotatable bonds is 3. The van der Waals surface area contributed by atoms with Crippen molar-refractivity contribution in [3.05, 3.63) is 58.3 Å². The summed E-state index contributed by atoms with van der Waals surface area (Å²) in [6, 6.07) is 10.1. The van der Waals surface area contributed by atoms with E-state index in [9.17, 15) is 0 Å². The Labute approximate surface area is 113 Å². The quantitative estimate of drug-likeness (QED) is 0.671. The summed E-state index contributed by atoms with van der Waals surface area (Å²) in [5.74, 6) is 0. The van der Waals surface area contributed by atoms with Crippen molar-refractivity contribution in [2.24, 2.45) is 4.99 Å². The topological polar surface area (TPSA) is 29.7 Å². The van der Waals surface area contributed by atoms with Crippen molar-refractivity contribution in [2.45, 2.75) is 6.54 Å². The molecule has 2 heterocycles. The molecule has 0 aliphatic carbocycles. The van der Waals surface area contributed by atoms with E-state index in [4.69, 9.17) is 11.6 Å². The van der Waals surface area contributed by atoms with Crippen molar-refractivity contribution < 1.29 is 0 Å². The SMILES string of the molecule is Clc1nc2sccn2c1C=NCc1ccccc1. The molecule has 3 nitrogen and oxygen atoms in total. The Morgan fingerprint density at radius 2 is 2.17 bits per heavy atom. The van der Waals surface area contributed by atoms with Crippen LogP contribution >= 0.6 is 22.9 Å². The van der Waals surface area contributed by atoms with Gasteiger partial charge in [0.1, 0.15) is 5.69 Å². The molecule has 3 aromatic rings. The van der Waals surface area contributed by atoms with Crippen LogP contribution < -0.4 is 0 Å². The number of aliphatic imine (C=N–C) groups is 1. The Balaban J connectivity index is 1.84. The van der Waals surface area contributed by atoms with Crippen LogP contribution in [-0.4, -0.2) is 15.6 Å². The van der Waals surface area contributed by atoms with E-state index in [2.05, 4.69) is 22.1 Å². The predicted molar refractivity (Wildman–Crippen MR) is 75.8 cm³/mol. The molecule has 0 saturated heterocycles. The maximum Gasteiger partial charge on any atom is 0.195 e. The number of benzene rings is 1. The van der Waals surface area contributed by atoms with Gasteiger partial charge in [0.2, 0.25) is 0 Å². The van der Waals surface area contributed by atoms with Crippen LogP contribution in [0.2, 0.25) is 5.15 Å². The number of thiazole rings is 1. The monoisotopic (exact) mass is 275 g/mol. The van der Waals surface area contributed by atoms with E-state index in [-0.39, 0.29) is 0 Å². The molecule has 3 rings (SSSR count). The minimum atomic E-state index is 0.499. The Kier molecular flexibility index (Phi) is 3.13. The van der Waals surface area contributed by atoms with Gasteiger partial charge in [0.05, 0.1) is 6.54 Å². The van der Waals surface area contributed by atoms with Crippen molar-refractivity contribution in [2.75, 3.05) is 0 Å². The van der Waals surface area contributed by atoms with Gasteiger partial charge in [0, 0.05) is 17.8 Å². The molecule has 0 bridgehead atoms. The normalized spacial score (nSPS) is 11.6. The van der Waals surface area contributed by atoms with Crippen LogP contribution in [0.4, 0.5) is 0 Å². The van der Waals surface area contributed by atoms with Crippen LogP contribution in [0.5, 0.6) is 0 Å². The van der Waals surface area contributed by atoms with Gasteiger partial charge in [0.25, 0.3) is 0 Å². The Morgan fingerprint density at radius 1 is 1.33 bits per heavy atom. The maximum atomic E-state index is 6.07. The summed E-state index contributed by atoms with van der Waals surface area (Å²) in [4.78, 5) is 9.55. The average molecular weight is 276 g/mol. The Bertz CT molecular complexity index is 685. The first-order valence-corrected chi connectivity index (χ1v) is 6.75. The van der Waals surface area contributed by atoms with Gasteiger partial charge in [-0.1, -0.05) is 41.9 Å². The van der Waals surface area contributed by atoms with Gasteiger partial charge in [-0.3, -0.25) is 9.39 Å². The molecule has 0 radical (unpaired) electrons. The summed E-state index contributed by atoms with van der Waals surface area (Å²) in [6.45, 7) is 0.647. The summed E-state index contributed by atoms with van der Waals surface area (Å²) in [5, 5.41) is 2.48. The van der Waals surface area contributed by atoms with E-state index in [0.717, 1.165) is 10.7 Å². The number of hydrogen-bond donors (Lipinski definition) is 0. The molecule has 5 heteroatoms. The van der Waals surface area contributed by atoms with Crippen molar-refractivity contribution >= 4 is 34.1 Å². The maximum absolute atomic E-state index is 6.07. The molecule has 0 saturated carbocycles. The van der Waals surface area contributed by atoms with Crippen LogP contribution in [0.1, 0.15) is 11.3 Å². The second kappa shape index (κ2) is 4.92. The summed E-state index contributed by atoms with van der Waals surface area (Å²) in [6.07, 6.45) is 3.73. The molecule has 0 atom stereocenters. The minimum Gasteiger partial charge on any atom is -0.288 e. The zero-order valence-corrected chi connectivity index (χ0v) is 11.0. The molecule has 0 N–H and O–H groups in total. The lowest BCUT2D eigenvalue weighted by molar-refractivity contribution is 1.07. The summed E-state index contributed by atoms with van der Waals surface area (Å²) >= 11 is 7.63. The number of aromatic nitrogens is 2. The van der Waals surface area contributed by atoms with Gasteiger partial charge in [-0.05, 0) is 5.56 Å². The van der Waals surface area contributed by atoms with Crippen LogP contribution in [0.3, 0.4) is 0 Å². The van der Waals surface area contributed by atoms with Crippen LogP contribution in [0.25, 0.3) is 4.96 Å². The lowest BCUT2D eigenvalue weighted by atomic mass is 10.2. The molecular weight excluding hydrogens is 266 g/mol. The van der Waals surface area contributed by atoms with Crippen LogP contribution in [0, 0.1) is 0 Å². The number of hydrogen-bond acceptors (Lipinski definition) is 3. The third-order valence-electron chi connectivity index (χ3n) is 2.58. The zero-order chi connectivity index (χ0) is 12.4. The van der Waals surface area contributed by atoms with Crippen molar-refractivity contribution in [3.63, 3.8) is 0 Å². The van der Waals surface area contributed by atoms with Gasteiger partial charge in [-0.2, -0.15) is 0 Å². The lowest BCUT2D eigenvalue weighted by Crippen LogP contribution is -1.89. The molecule has 1 aromatic carbocycles. The van der Waals surface area contributed by atoms with Crippen LogP contribution in [0.15, 0.2) is 46.9 Å².